The molecular weight excluding hydrogens is 462 g/mol. The maximum Gasteiger partial charge on any atom is 0.331 e. The van der Waals surface area contributed by atoms with E-state index in [1.54, 1.807) is 15.7 Å². The van der Waals surface area contributed by atoms with Crippen LogP contribution in [0.4, 0.5) is 5.69 Å². The lowest BCUT2D eigenvalue weighted by atomic mass is 10.1. The number of carbonyl (C=O) groups is 2. The summed E-state index contributed by atoms with van der Waals surface area (Å²) in [4.78, 5) is 26.8. The molecule has 0 bridgehead atoms. The van der Waals surface area contributed by atoms with Crippen LogP contribution in [0.5, 0.6) is 0 Å². The molecule has 0 saturated heterocycles. The number of carbonyl (C=O) groups excluding carboxylic acids is 2. The van der Waals surface area contributed by atoms with Gasteiger partial charge in [-0.2, -0.15) is 5.10 Å². The fourth-order valence-electron chi connectivity index (χ4n) is 3.95. The van der Waals surface area contributed by atoms with Gasteiger partial charge in [0.05, 0.1) is 17.9 Å². The van der Waals surface area contributed by atoms with Crippen LogP contribution in [0.3, 0.4) is 0 Å². The molecule has 1 aromatic heterocycles. The second-order valence-corrected chi connectivity index (χ2v) is 8.37. The molecule has 4 aromatic rings. The van der Waals surface area contributed by atoms with Crippen LogP contribution in [0.1, 0.15) is 23.7 Å². The van der Waals surface area contributed by atoms with Gasteiger partial charge in [0.25, 0.3) is 5.91 Å². The quantitative estimate of drug-likeness (QED) is 0.238. The largest absolute Gasteiger partial charge is 0.452 e. The Hall–Kier alpha value is -3.90. The predicted octanol–water partition coefficient (Wildman–Crippen LogP) is 5.66. The number of fused-ring (bicyclic) bond motifs is 1. The average molecular weight is 488 g/mol. The first-order valence-corrected chi connectivity index (χ1v) is 11.8. The maximum atomic E-state index is 12.9. The van der Waals surface area contributed by atoms with Crippen LogP contribution >= 0.6 is 11.6 Å². The number of hydrogen-bond donors (Lipinski definition) is 0. The average Bonchev–Trinajstić information content (AvgIpc) is 3.14. The molecule has 6 nitrogen and oxygen atoms in total. The lowest BCUT2D eigenvalue weighted by Gasteiger charge is -2.22. The maximum absolute atomic E-state index is 12.9. The zero-order valence-corrected chi connectivity index (χ0v) is 20.4. The van der Waals surface area contributed by atoms with Crippen molar-refractivity contribution in [3.63, 3.8) is 0 Å². The Labute approximate surface area is 209 Å². The van der Waals surface area contributed by atoms with E-state index in [1.165, 1.54) is 6.08 Å². The van der Waals surface area contributed by atoms with Crippen molar-refractivity contribution in [1.82, 2.24) is 9.78 Å². The van der Waals surface area contributed by atoms with Crippen LogP contribution in [-0.2, 0) is 20.9 Å². The molecule has 3 aromatic carbocycles. The van der Waals surface area contributed by atoms with Crippen molar-refractivity contribution in [1.29, 1.82) is 0 Å². The molecule has 7 heteroatoms. The minimum Gasteiger partial charge on any atom is -0.452 e. The molecule has 0 unspecified atom stereocenters. The van der Waals surface area contributed by atoms with Crippen molar-refractivity contribution < 1.29 is 14.3 Å². The van der Waals surface area contributed by atoms with Gasteiger partial charge in [0.2, 0.25) is 0 Å². The lowest BCUT2D eigenvalue weighted by Crippen LogP contribution is -2.34. The highest BCUT2D eigenvalue weighted by Crippen LogP contribution is 2.27. The highest BCUT2D eigenvalue weighted by atomic mass is 35.5. The highest BCUT2D eigenvalue weighted by molar-refractivity contribution is 6.31. The van der Waals surface area contributed by atoms with Crippen LogP contribution in [0.15, 0.2) is 78.9 Å². The van der Waals surface area contributed by atoms with Crippen molar-refractivity contribution in [2.45, 2.75) is 20.4 Å². The Kier molecular flexibility index (Phi) is 7.63. The van der Waals surface area contributed by atoms with Crippen LogP contribution in [0.2, 0.25) is 5.15 Å². The molecule has 0 spiro atoms. The smallest absolute Gasteiger partial charge is 0.331 e. The van der Waals surface area contributed by atoms with E-state index in [4.69, 9.17) is 16.3 Å². The molecule has 0 radical (unpaired) electrons. The Morgan fingerprint density at radius 3 is 2.51 bits per heavy atom. The predicted molar refractivity (Wildman–Crippen MR) is 139 cm³/mol. The van der Waals surface area contributed by atoms with Crippen LogP contribution in [-0.4, -0.2) is 34.8 Å². The molecule has 0 aliphatic rings. The molecule has 0 fully saturated rings. The standard InChI is InChI=1S/C28H26ClN3O3/c1-3-31(25-15-9-13-22-12-7-8-14-24(22)25)26(33)19-35-27(34)17-16-23-20(2)30-32(28(23)29)18-21-10-5-4-6-11-21/h4-17H,3,18-19H2,1-2H3/b17-16+. The minimum atomic E-state index is -0.626. The number of likely N-dealkylation sites (N-methyl/N-ethyl adjacent to an activating group) is 1. The van der Waals surface area contributed by atoms with Gasteiger partial charge in [-0.1, -0.05) is 78.3 Å². The van der Waals surface area contributed by atoms with Gasteiger partial charge < -0.3 is 9.64 Å². The van der Waals surface area contributed by atoms with Crippen molar-refractivity contribution in [3.05, 3.63) is 101 Å². The third-order valence-electron chi connectivity index (χ3n) is 5.68. The first-order chi connectivity index (χ1) is 17.0. The van der Waals surface area contributed by atoms with Gasteiger partial charge in [0, 0.05) is 23.6 Å². The Bertz CT molecular complexity index is 1370. The topological polar surface area (TPSA) is 64.4 Å². The molecule has 1 amide bonds. The first-order valence-electron chi connectivity index (χ1n) is 11.4. The van der Waals surface area contributed by atoms with Gasteiger partial charge >= 0.3 is 5.97 Å². The van der Waals surface area contributed by atoms with Crippen LogP contribution in [0, 0.1) is 6.92 Å². The fraction of sp³-hybridized carbons (Fsp3) is 0.179. The van der Waals surface area contributed by atoms with Gasteiger partial charge in [0.15, 0.2) is 6.61 Å². The second-order valence-electron chi connectivity index (χ2n) is 8.01. The van der Waals surface area contributed by atoms with Crippen LogP contribution in [0.25, 0.3) is 16.8 Å². The molecule has 1 heterocycles. The molecule has 0 N–H and O–H groups in total. The molecule has 4 rings (SSSR count). The van der Waals surface area contributed by atoms with E-state index in [-0.39, 0.29) is 12.5 Å². The van der Waals surface area contributed by atoms with Gasteiger partial charge in [-0.05, 0) is 36.9 Å². The number of aryl methyl sites for hydroxylation is 1. The van der Waals surface area contributed by atoms with Crippen molar-refractivity contribution in [3.8, 4) is 0 Å². The number of ether oxygens (including phenoxy) is 1. The monoisotopic (exact) mass is 487 g/mol. The van der Waals surface area contributed by atoms with E-state index in [0.717, 1.165) is 22.0 Å². The van der Waals surface area contributed by atoms with Gasteiger partial charge in [-0.3, -0.25) is 4.79 Å². The number of esters is 1. The fourth-order valence-corrected chi connectivity index (χ4v) is 4.25. The summed E-state index contributed by atoms with van der Waals surface area (Å²) in [5, 5.41) is 6.91. The number of amides is 1. The number of hydrogen-bond acceptors (Lipinski definition) is 4. The van der Waals surface area contributed by atoms with E-state index in [2.05, 4.69) is 5.10 Å². The molecule has 0 aliphatic heterocycles. The molecule has 178 valence electrons. The number of benzene rings is 3. The summed E-state index contributed by atoms with van der Waals surface area (Å²) in [6.07, 6.45) is 2.84. The summed E-state index contributed by atoms with van der Waals surface area (Å²) >= 11 is 6.50. The molecule has 0 aliphatic carbocycles. The van der Waals surface area contributed by atoms with E-state index >= 15 is 0 Å². The van der Waals surface area contributed by atoms with Crippen molar-refractivity contribution in [2.75, 3.05) is 18.1 Å². The van der Waals surface area contributed by atoms with Gasteiger partial charge in [-0.15, -0.1) is 0 Å². The molecule has 35 heavy (non-hydrogen) atoms. The molecule has 0 saturated carbocycles. The van der Waals surface area contributed by atoms with E-state index in [9.17, 15) is 9.59 Å². The van der Waals surface area contributed by atoms with Crippen LogP contribution < -0.4 is 4.90 Å². The van der Waals surface area contributed by atoms with Gasteiger partial charge in [-0.25, -0.2) is 9.48 Å². The summed E-state index contributed by atoms with van der Waals surface area (Å²) in [7, 11) is 0. The zero-order chi connectivity index (χ0) is 24.8. The zero-order valence-electron chi connectivity index (χ0n) is 19.6. The summed E-state index contributed by atoms with van der Waals surface area (Å²) < 4.78 is 6.92. The summed E-state index contributed by atoms with van der Waals surface area (Å²) in [5.74, 6) is -0.922. The number of anilines is 1. The number of rotatable bonds is 8. The van der Waals surface area contributed by atoms with E-state index < -0.39 is 5.97 Å². The first kappa shape index (κ1) is 24.2. The summed E-state index contributed by atoms with van der Waals surface area (Å²) in [5.41, 5.74) is 3.18. The second kappa shape index (κ2) is 11.0. The molecular formula is C28H26ClN3O3. The van der Waals surface area contributed by atoms with E-state index in [1.807, 2.05) is 86.6 Å². The Morgan fingerprint density at radius 1 is 1.03 bits per heavy atom. The van der Waals surface area contributed by atoms with Crippen molar-refractivity contribution >= 4 is 46.0 Å². The highest BCUT2D eigenvalue weighted by Gasteiger charge is 2.18. The minimum absolute atomic E-state index is 0.296. The summed E-state index contributed by atoms with van der Waals surface area (Å²) in [6.45, 7) is 4.33. The molecule has 0 atom stereocenters. The van der Waals surface area contributed by atoms with Crippen molar-refractivity contribution in [2.24, 2.45) is 0 Å². The number of halogens is 1. The Balaban J connectivity index is 1.40. The Morgan fingerprint density at radius 2 is 1.74 bits per heavy atom. The number of aromatic nitrogens is 2. The number of nitrogens with zero attached hydrogens (tertiary/aromatic N) is 3. The summed E-state index contributed by atoms with van der Waals surface area (Å²) in [6, 6.07) is 23.5. The lowest BCUT2D eigenvalue weighted by molar-refractivity contribution is -0.142. The third kappa shape index (κ3) is 5.61. The third-order valence-corrected chi connectivity index (χ3v) is 6.08. The normalized spacial score (nSPS) is 11.2. The SMILES string of the molecule is CCN(C(=O)COC(=O)/C=C/c1c(C)nn(Cc2ccccc2)c1Cl)c1cccc2ccccc12. The van der Waals surface area contributed by atoms with Gasteiger partial charge in [0.1, 0.15) is 5.15 Å². The van der Waals surface area contributed by atoms with E-state index in [0.29, 0.717) is 29.5 Å².